The number of benzene rings is 2. The van der Waals surface area contributed by atoms with E-state index >= 15 is 0 Å². The Morgan fingerprint density at radius 3 is 2.57 bits per heavy atom. The molecule has 1 aliphatic heterocycles. The first-order valence-corrected chi connectivity index (χ1v) is 13.8. The van der Waals surface area contributed by atoms with Crippen molar-refractivity contribution >= 4 is 26.8 Å². The van der Waals surface area contributed by atoms with E-state index in [2.05, 4.69) is 17.1 Å². The molecule has 1 N–H and O–H groups in total. The highest BCUT2D eigenvalue weighted by molar-refractivity contribution is 7.89. The lowest BCUT2D eigenvalue weighted by Crippen LogP contribution is -2.39. The first kappa shape index (κ1) is 25.4. The van der Waals surface area contributed by atoms with E-state index in [0.29, 0.717) is 24.8 Å². The Morgan fingerprint density at radius 1 is 1.09 bits per heavy atom. The SMILES string of the molecule is C[C@H]1CCCCN1CCCNC(=O)c1cc2cc(S(=O)(=O)N(C)C)ccc2n1Cc1ccccc1. The first-order valence-electron chi connectivity index (χ1n) is 12.4. The molecular formula is C27H36N4O3S. The van der Waals surface area contributed by atoms with Crippen molar-refractivity contribution in [2.75, 3.05) is 33.7 Å². The zero-order valence-electron chi connectivity index (χ0n) is 20.9. The minimum atomic E-state index is -3.57. The number of aromatic nitrogens is 1. The van der Waals surface area contributed by atoms with Crippen LogP contribution >= 0.6 is 0 Å². The van der Waals surface area contributed by atoms with Gasteiger partial charge in [-0.2, -0.15) is 0 Å². The predicted molar refractivity (Wildman–Crippen MR) is 140 cm³/mol. The van der Waals surface area contributed by atoms with Crippen molar-refractivity contribution in [2.45, 2.75) is 50.1 Å². The molecule has 7 nitrogen and oxygen atoms in total. The highest BCUT2D eigenvalue weighted by Gasteiger charge is 2.21. The number of nitrogens with one attached hydrogen (secondary N) is 1. The van der Waals surface area contributed by atoms with Gasteiger partial charge in [0, 0.05) is 50.7 Å². The fraction of sp³-hybridized carbons (Fsp3) is 0.444. The second kappa shape index (κ2) is 10.9. The smallest absolute Gasteiger partial charge is 0.267 e. The van der Waals surface area contributed by atoms with E-state index in [9.17, 15) is 13.2 Å². The van der Waals surface area contributed by atoms with E-state index in [-0.39, 0.29) is 10.8 Å². The van der Waals surface area contributed by atoms with Crippen LogP contribution in [0.5, 0.6) is 0 Å². The molecule has 0 bridgehead atoms. The monoisotopic (exact) mass is 496 g/mol. The fourth-order valence-electron chi connectivity index (χ4n) is 4.81. The van der Waals surface area contributed by atoms with Gasteiger partial charge in [-0.25, -0.2) is 12.7 Å². The number of nitrogens with zero attached hydrogens (tertiary/aromatic N) is 3. The van der Waals surface area contributed by atoms with Crippen molar-refractivity contribution in [1.82, 2.24) is 19.1 Å². The van der Waals surface area contributed by atoms with Gasteiger partial charge in [-0.3, -0.25) is 4.79 Å². The summed E-state index contributed by atoms with van der Waals surface area (Å²) >= 11 is 0. The van der Waals surface area contributed by atoms with Gasteiger partial charge in [-0.1, -0.05) is 36.8 Å². The van der Waals surface area contributed by atoms with Crippen LogP contribution in [-0.2, 0) is 16.6 Å². The molecule has 0 spiro atoms. The van der Waals surface area contributed by atoms with Crippen LogP contribution in [0.4, 0.5) is 0 Å². The number of hydrogen-bond acceptors (Lipinski definition) is 4. The van der Waals surface area contributed by atoms with Gasteiger partial charge in [0.1, 0.15) is 5.69 Å². The third-order valence-electron chi connectivity index (χ3n) is 6.92. The highest BCUT2D eigenvalue weighted by atomic mass is 32.2. The summed E-state index contributed by atoms with van der Waals surface area (Å²) in [5, 5.41) is 3.82. The first-order chi connectivity index (χ1) is 16.8. The quantitative estimate of drug-likeness (QED) is 0.456. The number of carbonyl (C=O) groups is 1. The number of amides is 1. The maximum atomic E-state index is 13.3. The number of likely N-dealkylation sites (tertiary alicyclic amines) is 1. The van der Waals surface area contributed by atoms with Gasteiger partial charge < -0.3 is 14.8 Å². The number of carbonyl (C=O) groups excluding carboxylic acids is 1. The van der Waals surface area contributed by atoms with Crippen molar-refractivity contribution < 1.29 is 13.2 Å². The molecule has 1 fully saturated rings. The van der Waals surface area contributed by atoms with Crippen molar-refractivity contribution in [3.8, 4) is 0 Å². The molecule has 1 saturated heterocycles. The maximum Gasteiger partial charge on any atom is 0.267 e. The zero-order chi connectivity index (χ0) is 25.0. The molecule has 4 rings (SSSR count). The molecule has 8 heteroatoms. The summed E-state index contributed by atoms with van der Waals surface area (Å²) in [6.45, 7) is 5.54. The number of rotatable bonds is 9. The molecule has 3 aromatic rings. The molecule has 0 unspecified atom stereocenters. The van der Waals surface area contributed by atoms with Gasteiger partial charge in [-0.15, -0.1) is 0 Å². The summed E-state index contributed by atoms with van der Waals surface area (Å²) in [4.78, 5) is 16.0. The Morgan fingerprint density at radius 2 is 1.86 bits per heavy atom. The highest BCUT2D eigenvalue weighted by Crippen LogP contribution is 2.26. The van der Waals surface area contributed by atoms with Crippen LogP contribution < -0.4 is 5.32 Å². The molecule has 1 aliphatic rings. The molecule has 2 heterocycles. The van der Waals surface area contributed by atoms with E-state index < -0.39 is 10.0 Å². The van der Waals surface area contributed by atoms with Crippen molar-refractivity contribution in [3.63, 3.8) is 0 Å². The largest absolute Gasteiger partial charge is 0.351 e. The lowest BCUT2D eigenvalue weighted by Gasteiger charge is -2.33. The summed E-state index contributed by atoms with van der Waals surface area (Å²) in [7, 11) is -0.530. The Balaban J connectivity index is 1.56. The van der Waals surface area contributed by atoms with Crippen molar-refractivity contribution in [3.05, 3.63) is 65.9 Å². The third-order valence-corrected chi connectivity index (χ3v) is 8.73. The fourth-order valence-corrected chi connectivity index (χ4v) is 5.75. The molecule has 2 aromatic carbocycles. The molecule has 35 heavy (non-hydrogen) atoms. The summed E-state index contributed by atoms with van der Waals surface area (Å²) in [5.74, 6) is -0.138. The predicted octanol–water partition coefficient (Wildman–Crippen LogP) is 3.93. The summed E-state index contributed by atoms with van der Waals surface area (Å²) in [6.07, 6.45) is 4.71. The lowest BCUT2D eigenvalue weighted by molar-refractivity contribution is 0.0940. The minimum absolute atomic E-state index is 0.138. The van der Waals surface area contributed by atoms with E-state index in [0.717, 1.165) is 36.0 Å². The minimum Gasteiger partial charge on any atom is -0.351 e. The molecule has 0 radical (unpaired) electrons. The van der Waals surface area contributed by atoms with Crippen LogP contribution in [0.25, 0.3) is 10.9 Å². The second-order valence-corrected chi connectivity index (χ2v) is 11.8. The van der Waals surface area contributed by atoms with Gasteiger partial charge >= 0.3 is 0 Å². The van der Waals surface area contributed by atoms with Gasteiger partial charge in [0.05, 0.1) is 4.90 Å². The molecule has 0 aliphatic carbocycles. The molecule has 1 atom stereocenters. The summed E-state index contributed by atoms with van der Waals surface area (Å²) in [6, 6.07) is 17.4. The van der Waals surface area contributed by atoms with Crippen molar-refractivity contribution in [2.24, 2.45) is 0 Å². The summed E-state index contributed by atoms with van der Waals surface area (Å²) < 4.78 is 28.5. The average molecular weight is 497 g/mol. The van der Waals surface area contributed by atoms with Crippen LogP contribution in [0.1, 0.15) is 48.7 Å². The van der Waals surface area contributed by atoms with E-state index in [4.69, 9.17) is 0 Å². The van der Waals surface area contributed by atoms with Gasteiger partial charge in [0.2, 0.25) is 10.0 Å². The summed E-state index contributed by atoms with van der Waals surface area (Å²) in [5.41, 5.74) is 2.44. The standard InChI is InChI=1S/C27H36N4O3S/c1-21-10-7-8-16-30(21)17-9-15-28-27(32)26-19-23-18-24(35(33,34)29(2)3)13-14-25(23)31(26)20-22-11-5-4-6-12-22/h4-6,11-14,18-19,21H,7-10,15-17,20H2,1-3H3,(H,28,32)/t21-/m0/s1. The topological polar surface area (TPSA) is 74.7 Å². The molecule has 188 valence electrons. The van der Waals surface area contributed by atoms with E-state index in [1.54, 1.807) is 24.3 Å². The van der Waals surface area contributed by atoms with Crippen molar-refractivity contribution in [1.29, 1.82) is 0 Å². The number of hydrogen-bond donors (Lipinski definition) is 1. The Kier molecular flexibility index (Phi) is 7.94. The maximum absolute atomic E-state index is 13.3. The van der Waals surface area contributed by atoms with Crippen LogP contribution in [0.2, 0.25) is 0 Å². The van der Waals surface area contributed by atoms with E-state index in [1.807, 2.05) is 34.9 Å². The number of piperidine rings is 1. The third kappa shape index (κ3) is 5.77. The normalized spacial score (nSPS) is 17.2. The van der Waals surface area contributed by atoms with Crippen LogP contribution in [0, 0.1) is 0 Å². The Labute approximate surface area is 208 Å². The van der Waals surface area contributed by atoms with Crippen LogP contribution in [0.15, 0.2) is 59.5 Å². The van der Waals surface area contributed by atoms with Gasteiger partial charge in [0.25, 0.3) is 5.91 Å². The van der Waals surface area contributed by atoms with Gasteiger partial charge in [-0.05, 0) is 62.6 Å². The van der Waals surface area contributed by atoms with Crippen LogP contribution in [-0.4, -0.2) is 67.9 Å². The van der Waals surface area contributed by atoms with Crippen LogP contribution in [0.3, 0.4) is 0 Å². The second-order valence-electron chi connectivity index (χ2n) is 9.60. The zero-order valence-corrected chi connectivity index (χ0v) is 21.7. The lowest BCUT2D eigenvalue weighted by atomic mass is 10.0. The number of sulfonamides is 1. The Hall–Kier alpha value is -2.68. The average Bonchev–Trinajstić information content (AvgIpc) is 3.21. The molecule has 1 amide bonds. The Bertz CT molecular complexity index is 1270. The number of fused-ring (bicyclic) bond motifs is 1. The molecule has 1 aromatic heterocycles. The molecular weight excluding hydrogens is 460 g/mol. The van der Waals surface area contributed by atoms with E-state index in [1.165, 1.54) is 37.7 Å². The van der Waals surface area contributed by atoms with Gasteiger partial charge in [0.15, 0.2) is 0 Å². The molecule has 0 saturated carbocycles.